The second-order valence-electron chi connectivity index (χ2n) is 5.88. The topological polar surface area (TPSA) is 84.9 Å². The molecule has 0 aromatic heterocycles. The van der Waals surface area contributed by atoms with Gasteiger partial charge in [0.1, 0.15) is 0 Å². The summed E-state index contributed by atoms with van der Waals surface area (Å²) in [6.07, 6.45) is 2.03. The van der Waals surface area contributed by atoms with Crippen LogP contribution in [-0.4, -0.2) is 56.6 Å². The monoisotopic (exact) mass is 350 g/mol. The number of amides is 1. The van der Waals surface area contributed by atoms with E-state index in [1.807, 2.05) is 11.9 Å². The van der Waals surface area contributed by atoms with Crippen molar-refractivity contribution in [2.24, 2.45) is 0 Å². The fraction of sp³-hybridized carbons (Fsp3) is 0.500. The highest BCUT2D eigenvalue weighted by molar-refractivity contribution is 5.99. The van der Waals surface area contributed by atoms with Gasteiger partial charge in [-0.2, -0.15) is 0 Å². The van der Waals surface area contributed by atoms with Gasteiger partial charge >= 0.3 is 11.9 Å². The molecule has 0 saturated heterocycles. The number of hydrogen-bond donors (Lipinski definition) is 1. The first-order valence-electron chi connectivity index (χ1n) is 8.14. The van der Waals surface area contributed by atoms with Gasteiger partial charge in [0.05, 0.1) is 31.9 Å². The van der Waals surface area contributed by atoms with Gasteiger partial charge in [-0.05, 0) is 38.6 Å². The summed E-state index contributed by atoms with van der Waals surface area (Å²) in [5.74, 6) is -1.44. The smallest absolute Gasteiger partial charge is 0.337 e. The van der Waals surface area contributed by atoms with Gasteiger partial charge in [-0.1, -0.05) is 13.3 Å². The maximum absolute atomic E-state index is 12.2. The van der Waals surface area contributed by atoms with Crippen molar-refractivity contribution in [3.63, 3.8) is 0 Å². The lowest BCUT2D eigenvalue weighted by Gasteiger charge is -2.23. The van der Waals surface area contributed by atoms with Crippen molar-refractivity contribution in [3.8, 4) is 0 Å². The molecular formula is C18H26N2O5. The van der Waals surface area contributed by atoms with Crippen LogP contribution >= 0.6 is 0 Å². The Morgan fingerprint density at radius 3 is 2.04 bits per heavy atom. The van der Waals surface area contributed by atoms with Crippen LogP contribution in [0.3, 0.4) is 0 Å². The maximum Gasteiger partial charge on any atom is 0.337 e. The highest BCUT2D eigenvalue weighted by atomic mass is 16.5. The van der Waals surface area contributed by atoms with Crippen molar-refractivity contribution in [3.05, 3.63) is 29.3 Å². The molecule has 1 unspecified atom stereocenters. The van der Waals surface area contributed by atoms with Gasteiger partial charge in [-0.15, -0.1) is 0 Å². The van der Waals surface area contributed by atoms with E-state index in [1.54, 1.807) is 0 Å². The molecule has 1 rings (SSSR count). The highest BCUT2D eigenvalue weighted by Crippen LogP contribution is 2.17. The molecule has 0 heterocycles. The minimum Gasteiger partial charge on any atom is -0.465 e. The third kappa shape index (κ3) is 6.19. The van der Waals surface area contributed by atoms with Crippen LogP contribution in [0.25, 0.3) is 0 Å². The van der Waals surface area contributed by atoms with Crippen molar-refractivity contribution in [1.82, 2.24) is 4.90 Å². The van der Waals surface area contributed by atoms with E-state index in [-0.39, 0.29) is 29.6 Å². The molecule has 1 N–H and O–H groups in total. The number of nitrogens with zero attached hydrogens (tertiary/aromatic N) is 1. The molecule has 0 aliphatic rings. The zero-order valence-corrected chi connectivity index (χ0v) is 15.4. The molecular weight excluding hydrogens is 324 g/mol. The predicted octanol–water partition coefficient (Wildman–Crippen LogP) is 2.32. The summed E-state index contributed by atoms with van der Waals surface area (Å²) >= 11 is 0. The number of esters is 2. The average molecular weight is 350 g/mol. The maximum atomic E-state index is 12.2. The Morgan fingerprint density at radius 1 is 1.08 bits per heavy atom. The number of methoxy groups -OCH3 is 2. The van der Waals surface area contributed by atoms with E-state index in [0.717, 1.165) is 12.8 Å². The van der Waals surface area contributed by atoms with Crippen LogP contribution in [0.15, 0.2) is 18.2 Å². The van der Waals surface area contributed by atoms with Gasteiger partial charge in [0.2, 0.25) is 5.91 Å². The number of rotatable bonds is 8. The van der Waals surface area contributed by atoms with E-state index in [4.69, 9.17) is 0 Å². The first-order valence-corrected chi connectivity index (χ1v) is 8.14. The van der Waals surface area contributed by atoms with E-state index in [1.165, 1.54) is 32.4 Å². The third-order valence-electron chi connectivity index (χ3n) is 3.91. The fourth-order valence-electron chi connectivity index (χ4n) is 2.39. The minimum absolute atomic E-state index is 0.161. The standard InChI is InChI=1S/C18H26N2O5/c1-6-7-12(2)20(3)11-16(21)19-15-9-13(17(22)24-4)8-14(10-15)18(23)25-5/h8-10,12H,6-7,11H2,1-5H3,(H,19,21). The molecule has 0 aliphatic carbocycles. The Labute approximate surface area is 148 Å². The van der Waals surface area contributed by atoms with Gasteiger partial charge < -0.3 is 14.8 Å². The Kier molecular flexibility index (Phi) is 8.07. The van der Waals surface area contributed by atoms with Crippen LogP contribution in [0.5, 0.6) is 0 Å². The minimum atomic E-state index is -0.602. The van der Waals surface area contributed by atoms with Crippen molar-refractivity contribution >= 4 is 23.5 Å². The van der Waals surface area contributed by atoms with E-state index < -0.39 is 11.9 Å². The molecule has 138 valence electrons. The summed E-state index contributed by atoms with van der Waals surface area (Å²) in [6.45, 7) is 4.36. The first kappa shape index (κ1) is 20.6. The summed E-state index contributed by atoms with van der Waals surface area (Å²) in [5, 5.41) is 2.71. The van der Waals surface area contributed by atoms with Crippen molar-refractivity contribution in [2.45, 2.75) is 32.7 Å². The number of nitrogens with one attached hydrogen (secondary N) is 1. The van der Waals surface area contributed by atoms with Gasteiger partial charge in [-0.3, -0.25) is 9.69 Å². The van der Waals surface area contributed by atoms with Crippen molar-refractivity contribution < 1.29 is 23.9 Å². The molecule has 1 aromatic rings. The molecule has 0 bridgehead atoms. The van der Waals surface area contributed by atoms with Crippen LogP contribution in [-0.2, 0) is 14.3 Å². The molecule has 0 aliphatic heterocycles. The number of benzene rings is 1. The number of carbonyl (C=O) groups is 3. The number of carbonyl (C=O) groups excluding carboxylic acids is 3. The molecule has 25 heavy (non-hydrogen) atoms. The summed E-state index contributed by atoms with van der Waals surface area (Å²) in [5.41, 5.74) is 0.659. The van der Waals surface area contributed by atoms with Gasteiger partial charge in [0, 0.05) is 11.7 Å². The number of hydrogen-bond acceptors (Lipinski definition) is 6. The molecule has 7 nitrogen and oxygen atoms in total. The molecule has 1 aromatic carbocycles. The lowest BCUT2D eigenvalue weighted by atomic mass is 10.1. The SMILES string of the molecule is CCCC(C)N(C)CC(=O)Nc1cc(C(=O)OC)cc(C(=O)OC)c1. The lowest BCUT2D eigenvalue weighted by Crippen LogP contribution is -2.36. The molecule has 0 spiro atoms. The molecule has 1 amide bonds. The normalized spacial score (nSPS) is 11.8. The molecule has 1 atom stereocenters. The third-order valence-corrected chi connectivity index (χ3v) is 3.91. The molecule has 0 radical (unpaired) electrons. The van der Waals surface area contributed by atoms with Crippen LogP contribution in [0.2, 0.25) is 0 Å². The van der Waals surface area contributed by atoms with Gasteiger partial charge in [-0.25, -0.2) is 9.59 Å². The van der Waals surface area contributed by atoms with Gasteiger partial charge in [0.25, 0.3) is 0 Å². The fourth-order valence-corrected chi connectivity index (χ4v) is 2.39. The molecule has 7 heteroatoms. The van der Waals surface area contributed by atoms with E-state index >= 15 is 0 Å². The number of likely N-dealkylation sites (N-methyl/N-ethyl adjacent to an activating group) is 1. The predicted molar refractivity (Wildman–Crippen MR) is 94.8 cm³/mol. The summed E-state index contributed by atoms with van der Waals surface area (Å²) < 4.78 is 9.35. The summed E-state index contributed by atoms with van der Waals surface area (Å²) in [4.78, 5) is 37.7. The molecule has 0 fully saturated rings. The summed E-state index contributed by atoms with van der Waals surface area (Å²) in [6, 6.07) is 4.57. The summed E-state index contributed by atoms with van der Waals surface area (Å²) in [7, 11) is 4.37. The van der Waals surface area contributed by atoms with Crippen molar-refractivity contribution in [1.29, 1.82) is 0 Å². The van der Waals surface area contributed by atoms with E-state index in [2.05, 4.69) is 28.6 Å². The Bertz CT molecular complexity index is 596. The zero-order chi connectivity index (χ0) is 19.0. The first-order chi connectivity index (χ1) is 11.8. The van der Waals surface area contributed by atoms with Crippen LogP contribution in [0, 0.1) is 0 Å². The van der Waals surface area contributed by atoms with E-state index in [0.29, 0.717) is 5.69 Å². The quantitative estimate of drug-likeness (QED) is 0.724. The largest absolute Gasteiger partial charge is 0.465 e. The van der Waals surface area contributed by atoms with Crippen LogP contribution in [0.1, 0.15) is 47.4 Å². The second-order valence-corrected chi connectivity index (χ2v) is 5.88. The van der Waals surface area contributed by atoms with E-state index in [9.17, 15) is 14.4 Å². The lowest BCUT2D eigenvalue weighted by molar-refractivity contribution is -0.117. The average Bonchev–Trinajstić information content (AvgIpc) is 2.59. The Hall–Kier alpha value is -2.41. The molecule has 0 saturated carbocycles. The number of anilines is 1. The van der Waals surface area contributed by atoms with Crippen LogP contribution in [0.4, 0.5) is 5.69 Å². The number of ether oxygens (including phenoxy) is 2. The van der Waals surface area contributed by atoms with Crippen LogP contribution < -0.4 is 5.32 Å². The Balaban J connectivity index is 2.94. The Morgan fingerprint density at radius 2 is 1.60 bits per heavy atom. The van der Waals surface area contributed by atoms with Crippen molar-refractivity contribution in [2.75, 3.05) is 33.1 Å². The zero-order valence-electron chi connectivity index (χ0n) is 15.4. The van der Waals surface area contributed by atoms with Gasteiger partial charge in [0.15, 0.2) is 0 Å². The second kappa shape index (κ2) is 9.78. The highest BCUT2D eigenvalue weighted by Gasteiger charge is 2.16.